The molecule has 0 unspecified atom stereocenters. The number of non-ortho nitro benzene ring substituents is 1. The third kappa shape index (κ3) is 3.47. The first kappa shape index (κ1) is 16.0. The maximum atomic E-state index is 11.1. The molecule has 0 aliphatic carbocycles. The van der Waals surface area contributed by atoms with E-state index in [1.165, 1.54) is 29.2 Å². The zero-order chi connectivity index (χ0) is 17.1. The molecular formula is C11H7ClN5O6+. The van der Waals surface area contributed by atoms with E-state index in [1.54, 1.807) is 0 Å². The van der Waals surface area contributed by atoms with Crippen molar-refractivity contribution < 1.29 is 19.4 Å². The molecule has 1 aromatic heterocycles. The summed E-state index contributed by atoms with van der Waals surface area (Å²) in [6.45, 7) is 0. The molecule has 1 N–H and O–H groups in total. The van der Waals surface area contributed by atoms with Crippen molar-refractivity contribution in [2.75, 3.05) is 5.43 Å². The van der Waals surface area contributed by atoms with Gasteiger partial charge in [0.15, 0.2) is 0 Å². The van der Waals surface area contributed by atoms with Crippen molar-refractivity contribution in [1.82, 2.24) is 0 Å². The van der Waals surface area contributed by atoms with Gasteiger partial charge in [-0.1, -0.05) is 16.3 Å². The molecule has 23 heavy (non-hydrogen) atoms. The Hall–Kier alpha value is -3.34. The van der Waals surface area contributed by atoms with Crippen LogP contribution in [0.1, 0.15) is 0 Å². The van der Waals surface area contributed by atoms with Crippen molar-refractivity contribution in [3.8, 4) is 0 Å². The molecule has 0 fully saturated rings. The fourth-order valence-electron chi connectivity index (χ4n) is 1.72. The molecule has 0 amide bonds. The van der Waals surface area contributed by atoms with Crippen LogP contribution in [0.5, 0.6) is 0 Å². The lowest BCUT2D eigenvalue weighted by Gasteiger charge is -2.03. The summed E-state index contributed by atoms with van der Waals surface area (Å²) in [6.07, 6.45) is 2.74. The predicted octanol–water partition coefficient (Wildman–Crippen LogP) is 2.23. The van der Waals surface area contributed by atoms with E-state index < -0.39 is 37.5 Å². The highest BCUT2D eigenvalue weighted by molar-refractivity contribution is 6.30. The van der Waals surface area contributed by atoms with E-state index in [-0.39, 0.29) is 0 Å². The number of nitro groups is 3. The van der Waals surface area contributed by atoms with Crippen molar-refractivity contribution in [1.29, 1.82) is 0 Å². The average molecular weight is 341 g/mol. The van der Waals surface area contributed by atoms with Crippen molar-refractivity contribution in [2.24, 2.45) is 0 Å². The number of hydrogen-bond acceptors (Lipinski definition) is 7. The van der Waals surface area contributed by atoms with Crippen LogP contribution in [0.25, 0.3) is 0 Å². The number of hydrogen-bond donors (Lipinski definition) is 1. The van der Waals surface area contributed by atoms with Gasteiger partial charge in [-0.05, 0) is 0 Å². The molecule has 12 heteroatoms. The largest absolute Gasteiger partial charge is 0.312 e. The van der Waals surface area contributed by atoms with Crippen LogP contribution in [0.15, 0.2) is 36.7 Å². The van der Waals surface area contributed by atoms with Crippen LogP contribution in [-0.2, 0) is 0 Å². The van der Waals surface area contributed by atoms with Crippen LogP contribution in [0.3, 0.4) is 0 Å². The van der Waals surface area contributed by atoms with Crippen LogP contribution in [0.4, 0.5) is 22.7 Å². The van der Waals surface area contributed by atoms with Gasteiger partial charge in [0.2, 0.25) is 12.4 Å². The molecule has 1 heterocycles. The highest BCUT2D eigenvalue weighted by Crippen LogP contribution is 2.37. The molecule has 1 aromatic carbocycles. The Balaban J connectivity index is 2.63. The minimum absolute atomic E-state index is 0.385. The molecule has 0 atom stereocenters. The number of aromatic nitrogens is 1. The van der Waals surface area contributed by atoms with Gasteiger partial charge >= 0.3 is 11.4 Å². The summed E-state index contributed by atoms with van der Waals surface area (Å²) in [5.41, 5.74) is -0.389. The fraction of sp³-hybridized carbons (Fsp3) is 0. The second-order valence-electron chi connectivity index (χ2n) is 4.17. The second kappa shape index (κ2) is 6.19. The van der Waals surface area contributed by atoms with E-state index in [0.29, 0.717) is 17.2 Å². The summed E-state index contributed by atoms with van der Waals surface area (Å²) in [6, 6.07) is 4.17. The van der Waals surface area contributed by atoms with Crippen LogP contribution in [0, 0.1) is 30.3 Å². The lowest BCUT2D eigenvalue weighted by molar-refractivity contribution is -0.643. The fourth-order valence-corrected chi connectivity index (χ4v) is 1.83. The molecule has 0 saturated heterocycles. The standard InChI is InChI=1S/C11H7ClN5O6/c12-7-1-3-14(4-2-7)13-11-9(16(20)21)5-8(15(18)19)6-10(11)17(22)23/h1-6,13H/q+1. The quantitative estimate of drug-likeness (QED) is 0.498. The van der Waals surface area contributed by atoms with Gasteiger partial charge in [-0.2, -0.15) is 0 Å². The smallest absolute Gasteiger partial charge is 0.258 e. The number of nitrogens with one attached hydrogen (secondary N) is 1. The Bertz CT molecular complexity index is 774. The normalized spacial score (nSPS) is 10.1. The van der Waals surface area contributed by atoms with Crippen molar-refractivity contribution >= 4 is 34.4 Å². The van der Waals surface area contributed by atoms with E-state index in [9.17, 15) is 30.3 Å². The van der Waals surface area contributed by atoms with Crippen LogP contribution >= 0.6 is 11.6 Å². The van der Waals surface area contributed by atoms with Gasteiger partial charge < -0.3 is 0 Å². The molecule has 0 spiro atoms. The maximum absolute atomic E-state index is 11.1. The highest BCUT2D eigenvalue weighted by Gasteiger charge is 2.32. The molecule has 0 radical (unpaired) electrons. The first-order valence-electron chi connectivity index (χ1n) is 5.84. The second-order valence-corrected chi connectivity index (χ2v) is 4.60. The van der Waals surface area contributed by atoms with Crippen molar-refractivity contribution in [3.05, 3.63) is 72.0 Å². The zero-order valence-corrected chi connectivity index (χ0v) is 11.8. The van der Waals surface area contributed by atoms with Crippen LogP contribution in [-0.4, -0.2) is 14.8 Å². The molecule has 11 nitrogen and oxygen atoms in total. The summed E-state index contributed by atoms with van der Waals surface area (Å²) in [4.78, 5) is 30.2. The van der Waals surface area contributed by atoms with Gasteiger partial charge in [-0.3, -0.25) is 30.3 Å². The summed E-state index contributed by atoms with van der Waals surface area (Å²) in [7, 11) is 0. The van der Waals surface area contributed by atoms with Gasteiger partial charge in [0, 0.05) is 12.1 Å². The number of halogens is 1. The monoisotopic (exact) mass is 340 g/mol. The number of rotatable bonds is 5. The molecule has 118 valence electrons. The topological polar surface area (TPSA) is 145 Å². The van der Waals surface area contributed by atoms with E-state index >= 15 is 0 Å². The van der Waals surface area contributed by atoms with Crippen LogP contribution < -0.4 is 10.1 Å². The molecule has 0 saturated carbocycles. The Morgan fingerprint density at radius 2 is 1.39 bits per heavy atom. The number of pyridine rings is 1. The van der Waals surface area contributed by atoms with Gasteiger partial charge in [0.1, 0.15) is 0 Å². The molecule has 0 bridgehead atoms. The lowest BCUT2D eigenvalue weighted by Crippen LogP contribution is -2.41. The van der Waals surface area contributed by atoms with E-state index in [2.05, 4.69) is 5.43 Å². The van der Waals surface area contributed by atoms with Crippen molar-refractivity contribution in [3.63, 3.8) is 0 Å². The molecule has 2 rings (SSSR count). The van der Waals surface area contributed by atoms with Gasteiger partial charge in [0.05, 0.1) is 31.9 Å². The lowest BCUT2D eigenvalue weighted by atomic mass is 10.2. The molecule has 2 aromatic rings. The third-order valence-corrected chi connectivity index (χ3v) is 2.97. The minimum Gasteiger partial charge on any atom is -0.258 e. The zero-order valence-electron chi connectivity index (χ0n) is 11.1. The third-order valence-electron chi connectivity index (χ3n) is 2.72. The highest BCUT2D eigenvalue weighted by atomic mass is 35.5. The Morgan fingerprint density at radius 1 is 0.913 bits per heavy atom. The Labute approximate surface area is 132 Å². The first-order valence-corrected chi connectivity index (χ1v) is 6.22. The minimum atomic E-state index is -0.946. The first-order chi connectivity index (χ1) is 10.8. The van der Waals surface area contributed by atoms with Gasteiger partial charge in [-0.25, -0.2) is 0 Å². The molecule has 0 aliphatic heterocycles. The van der Waals surface area contributed by atoms with Gasteiger partial charge in [-0.15, -0.1) is 5.43 Å². The SMILES string of the molecule is O=[N+]([O-])c1cc([N+](=O)[O-])c(N[n+]2ccc(Cl)cc2)c([N+](=O)[O-])c1. The van der Waals surface area contributed by atoms with E-state index in [0.717, 1.165) is 0 Å². The van der Waals surface area contributed by atoms with E-state index in [4.69, 9.17) is 11.6 Å². The molecular weight excluding hydrogens is 334 g/mol. The summed E-state index contributed by atoms with van der Waals surface area (Å²) in [5, 5.41) is 33.4. The predicted molar refractivity (Wildman–Crippen MR) is 77.1 cm³/mol. The maximum Gasteiger partial charge on any atom is 0.312 e. The Kier molecular flexibility index (Phi) is 4.32. The number of nitro benzene ring substituents is 3. The average Bonchev–Trinajstić information content (AvgIpc) is 2.48. The summed E-state index contributed by atoms with van der Waals surface area (Å²) in [5.74, 6) is 0. The van der Waals surface area contributed by atoms with E-state index in [1.807, 2.05) is 0 Å². The number of anilines is 1. The number of benzene rings is 1. The summed E-state index contributed by atoms with van der Waals surface area (Å²) >= 11 is 5.70. The summed E-state index contributed by atoms with van der Waals surface area (Å²) < 4.78 is 1.19. The Morgan fingerprint density at radius 3 is 1.78 bits per heavy atom. The molecule has 0 aliphatic rings. The number of nitrogens with zero attached hydrogens (tertiary/aromatic N) is 4. The van der Waals surface area contributed by atoms with Crippen LogP contribution in [0.2, 0.25) is 5.02 Å². The van der Waals surface area contributed by atoms with Crippen molar-refractivity contribution in [2.45, 2.75) is 0 Å². The van der Waals surface area contributed by atoms with Gasteiger partial charge in [0.25, 0.3) is 11.4 Å².